The van der Waals surface area contributed by atoms with Gasteiger partial charge in [-0.1, -0.05) is 105 Å². The number of unbranched alkanes of at least 4 members (excludes halogenated alkanes) is 6. The van der Waals surface area contributed by atoms with Gasteiger partial charge in [0.15, 0.2) is 0 Å². The van der Waals surface area contributed by atoms with Crippen LogP contribution in [-0.4, -0.2) is 34.5 Å². The van der Waals surface area contributed by atoms with Gasteiger partial charge in [0.05, 0.1) is 0 Å². The van der Waals surface area contributed by atoms with Crippen LogP contribution in [0, 0.1) is 0 Å². The van der Waals surface area contributed by atoms with Crippen molar-refractivity contribution < 1.29 is 20.1 Å². The number of carbonyl (C=O) groups is 1. The number of aliphatic carboxylic acids is 1. The molecular weight excluding hydrogens is 424 g/mol. The van der Waals surface area contributed by atoms with Gasteiger partial charge in [0.25, 0.3) is 0 Å². The molecule has 0 fully saturated rings. The minimum Gasteiger partial charge on any atom is -0.478 e. The molecular formula is C30H36O4. The van der Waals surface area contributed by atoms with Crippen molar-refractivity contribution in [3.05, 3.63) is 94.6 Å². The van der Waals surface area contributed by atoms with Crippen molar-refractivity contribution in [2.24, 2.45) is 0 Å². The summed E-state index contributed by atoms with van der Waals surface area (Å²) >= 11 is 0. The van der Waals surface area contributed by atoms with Gasteiger partial charge in [-0.15, -0.1) is 0 Å². The molecule has 2 aliphatic carbocycles. The Kier molecular flexibility index (Phi) is 10.3. The molecule has 0 aliphatic heterocycles. The van der Waals surface area contributed by atoms with Gasteiger partial charge >= 0.3 is 5.97 Å². The molecule has 2 aromatic rings. The first kappa shape index (κ1) is 25.7. The summed E-state index contributed by atoms with van der Waals surface area (Å²) < 4.78 is 0. The van der Waals surface area contributed by atoms with Gasteiger partial charge < -0.3 is 15.3 Å². The SMILES string of the molecule is O=C(O)C=C(C1C=Cc2ccccc21)C1C=Cc2ccccc21.OCCCCCCCCCO. The van der Waals surface area contributed by atoms with Crippen molar-refractivity contribution in [2.45, 2.75) is 56.8 Å². The van der Waals surface area contributed by atoms with Gasteiger partial charge in [-0.2, -0.15) is 0 Å². The van der Waals surface area contributed by atoms with E-state index in [9.17, 15) is 9.90 Å². The fraction of sp³-hybridized carbons (Fsp3) is 0.367. The Balaban J connectivity index is 0.000000252. The Morgan fingerprint density at radius 2 is 1.09 bits per heavy atom. The van der Waals surface area contributed by atoms with Crippen molar-refractivity contribution in [2.75, 3.05) is 13.2 Å². The molecule has 2 aromatic carbocycles. The lowest BCUT2D eigenvalue weighted by atomic mass is 9.81. The highest BCUT2D eigenvalue weighted by molar-refractivity contribution is 5.83. The number of benzene rings is 2. The monoisotopic (exact) mass is 460 g/mol. The van der Waals surface area contributed by atoms with Crippen molar-refractivity contribution in [1.82, 2.24) is 0 Å². The van der Waals surface area contributed by atoms with Crippen LogP contribution in [0.3, 0.4) is 0 Å². The summed E-state index contributed by atoms with van der Waals surface area (Å²) in [4.78, 5) is 11.4. The number of fused-ring (bicyclic) bond motifs is 2. The molecule has 0 aromatic heterocycles. The highest BCUT2D eigenvalue weighted by atomic mass is 16.4. The van der Waals surface area contributed by atoms with Gasteiger partial charge in [-0.3, -0.25) is 0 Å². The van der Waals surface area contributed by atoms with Crippen LogP contribution in [0.2, 0.25) is 0 Å². The fourth-order valence-electron chi connectivity index (χ4n) is 4.70. The molecule has 4 rings (SSSR count). The third-order valence-electron chi connectivity index (χ3n) is 6.42. The number of rotatable bonds is 11. The average Bonchev–Trinajstić information content (AvgIpc) is 3.47. The lowest BCUT2D eigenvalue weighted by Gasteiger charge is -2.21. The van der Waals surface area contributed by atoms with Gasteiger partial charge in [-0.05, 0) is 40.7 Å². The molecule has 0 spiro atoms. The molecule has 0 radical (unpaired) electrons. The summed E-state index contributed by atoms with van der Waals surface area (Å²) in [5, 5.41) is 26.3. The smallest absolute Gasteiger partial charge is 0.328 e. The van der Waals surface area contributed by atoms with Crippen molar-refractivity contribution in [1.29, 1.82) is 0 Å². The molecule has 180 valence electrons. The van der Waals surface area contributed by atoms with E-state index < -0.39 is 5.97 Å². The zero-order chi connectivity index (χ0) is 24.2. The zero-order valence-electron chi connectivity index (χ0n) is 19.8. The van der Waals surface area contributed by atoms with Crippen LogP contribution in [0.1, 0.15) is 79.0 Å². The maximum atomic E-state index is 11.4. The normalized spacial score (nSPS) is 17.0. The number of aliphatic hydroxyl groups excluding tert-OH is 2. The largest absolute Gasteiger partial charge is 0.478 e. The number of carboxylic acid groups (broad SMARTS) is 1. The highest BCUT2D eigenvalue weighted by Gasteiger charge is 2.29. The minimum atomic E-state index is -0.893. The average molecular weight is 461 g/mol. The van der Waals surface area contributed by atoms with E-state index in [-0.39, 0.29) is 11.8 Å². The Bertz CT molecular complexity index is 946. The number of carboxylic acids is 1. The first-order valence-electron chi connectivity index (χ1n) is 12.4. The Hall–Kier alpha value is -2.95. The molecule has 2 aliphatic rings. The number of aliphatic hydroxyl groups is 2. The molecule has 4 heteroatoms. The zero-order valence-corrected chi connectivity index (χ0v) is 19.8. The predicted octanol–water partition coefficient (Wildman–Crippen LogP) is 6.32. The van der Waals surface area contributed by atoms with Gasteiger partial charge in [0.2, 0.25) is 0 Å². The van der Waals surface area contributed by atoms with E-state index in [1.54, 1.807) is 0 Å². The molecule has 3 N–H and O–H groups in total. The van der Waals surface area contributed by atoms with E-state index >= 15 is 0 Å². The first-order valence-corrected chi connectivity index (χ1v) is 12.4. The van der Waals surface area contributed by atoms with E-state index in [1.165, 1.54) is 47.6 Å². The van der Waals surface area contributed by atoms with E-state index in [4.69, 9.17) is 10.2 Å². The first-order chi connectivity index (χ1) is 16.7. The molecule has 0 heterocycles. The second-order valence-electron chi connectivity index (χ2n) is 8.84. The quantitative estimate of drug-likeness (QED) is 0.271. The molecule has 2 atom stereocenters. The summed E-state index contributed by atoms with van der Waals surface area (Å²) in [6, 6.07) is 16.4. The summed E-state index contributed by atoms with van der Waals surface area (Å²) in [6.45, 7) is 0.660. The second-order valence-corrected chi connectivity index (χ2v) is 8.84. The van der Waals surface area contributed by atoms with Crippen molar-refractivity contribution in [3.63, 3.8) is 0 Å². The highest BCUT2D eigenvalue weighted by Crippen LogP contribution is 2.45. The van der Waals surface area contributed by atoms with Crippen LogP contribution in [0.5, 0.6) is 0 Å². The summed E-state index contributed by atoms with van der Waals surface area (Å²) in [5.41, 5.74) is 5.61. The number of hydrogen-bond acceptors (Lipinski definition) is 3. The van der Waals surface area contributed by atoms with Crippen LogP contribution < -0.4 is 0 Å². The van der Waals surface area contributed by atoms with E-state index in [0.29, 0.717) is 13.2 Å². The third-order valence-corrected chi connectivity index (χ3v) is 6.42. The fourth-order valence-corrected chi connectivity index (χ4v) is 4.70. The van der Waals surface area contributed by atoms with Crippen LogP contribution in [0.15, 0.2) is 72.3 Å². The lowest BCUT2D eigenvalue weighted by molar-refractivity contribution is -0.131. The number of allylic oxidation sites excluding steroid dienone is 3. The Morgan fingerprint density at radius 1 is 0.676 bits per heavy atom. The Labute approximate surface area is 203 Å². The Morgan fingerprint density at radius 3 is 1.50 bits per heavy atom. The topological polar surface area (TPSA) is 77.8 Å². The van der Waals surface area contributed by atoms with E-state index in [2.05, 4.69) is 48.6 Å². The van der Waals surface area contributed by atoms with Crippen molar-refractivity contribution in [3.8, 4) is 0 Å². The van der Waals surface area contributed by atoms with Gasteiger partial charge in [0, 0.05) is 31.1 Å². The maximum Gasteiger partial charge on any atom is 0.328 e. The van der Waals surface area contributed by atoms with Crippen LogP contribution >= 0.6 is 0 Å². The molecule has 0 saturated heterocycles. The van der Waals surface area contributed by atoms with Crippen molar-refractivity contribution >= 4 is 18.1 Å². The maximum absolute atomic E-state index is 11.4. The lowest BCUT2D eigenvalue weighted by Crippen LogP contribution is -2.08. The molecule has 2 unspecified atom stereocenters. The molecule has 4 nitrogen and oxygen atoms in total. The summed E-state index contributed by atoms with van der Waals surface area (Å²) in [6.07, 6.45) is 17.7. The third kappa shape index (κ3) is 7.02. The van der Waals surface area contributed by atoms with Gasteiger partial charge in [0.1, 0.15) is 0 Å². The number of hydrogen-bond donors (Lipinski definition) is 3. The predicted molar refractivity (Wildman–Crippen MR) is 139 cm³/mol. The minimum absolute atomic E-state index is 0.0168. The van der Waals surface area contributed by atoms with Crippen LogP contribution in [-0.2, 0) is 4.79 Å². The molecule has 0 bridgehead atoms. The van der Waals surface area contributed by atoms with Crippen LogP contribution in [0.25, 0.3) is 12.2 Å². The van der Waals surface area contributed by atoms with E-state index in [0.717, 1.165) is 31.3 Å². The summed E-state index contributed by atoms with van der Waals surface area (Å²) in [5.74, 6) is -0.859. The standard InChI is InChI=1S/C21H16O2.C9H20O2/c22-21(23)13-20(18-11-9-14-5-1-3-7-16(14)18)19-12-10-15-6-2-4-8-17(15)19;10-8-6-4-2-1-3-5-7-9-11/h1-13,18-19H,(H,22,23);10-11H,1-9H2. The second kappa shape index (κ2) is 13.7. The summed E-state index contributed by atoms with van der Waals surface area (Å²) in [7, 11) is 0. The van der Waals surface area contributed by atoms with Crippen LogP contribution in [0.4, 0.5) is 0 Å². The van der Waals surface area contributed by atoms with Gasteiger partial charge in [-0.25, -0.2) is 4.79 Å². The molecule has 34 heavy (non-hydrogen) atoms. The molecule has 0 saturated carbocycles. The molecule has 0 amide bonds. The van der Waals surface area contributed by atoms with E-state index in [1.807, 2.05) is 24.3 Å².